The van der Waals surface area contributed by atoms with Gasteiger partial charge in [0.1, 0.15) is 5.82 Å². The fourth-order valence-corrected chi connectivity index (χ4v) is 2.60. The summed E-state index contributed by atoms with van der Waals surface area (Å²) in [7, 11) is 0. The van der Waals surface area contributed by atoms with Crippen molar-refractivity contribution in [3.05, 3.63) is 35.1 Å². The molecule has 2 rings (SSSR count). The summed E-state index contributed by atoms with van der Waals surface area (Å²) in [5.74, 6) is 0.158. The number of aliphatic hydroxyl groups excluding tert-OH is 1. The molecule has 4 heteroatoms. The lowest BCUT2D eigenvalue weighted by Gasteiger charge is -2.31. The third-order valence-corrected chi connectivity index (χ3v) is 3.63. The van der Waals surface area contributed by atoms with Crippen LogP contribution in [0.5, 0.6) is 0 Å². The minimum absolute atomic E-state index is 0.175. The second kappa shape index (κ2) is 6.27. The van der Waals surface area contributed by atoms with Crippen LogP contribution in [0.15, 0.2) is 18.2 Å². The summed E-state index contributed by atoms with van der Waals surface area (Å²) in [4.78, 5) is 2.21. The van der Waals surface area contributed by atoms with E-state index in [2.05, 4.69) is 4.90 Å². The highest BCUT2D eigenvalue weighted by Gasteiger charge is 2.20. The maximum absolute atomic E-state index is 14.1. The molecule has 0 spiro atoms. The molecule has 1 aromatic carbocycles. The number of nitrogens with zero attached hydrogens (tertiary/aromatic N) is 1. The molecule has 0 aromatic heterocycles. The van der Waals surface area contributed by atoms with Gasteiger partial charge in [0.2, 0.25) is 0 Å². The van der Waals surface area contributed by atoms with Crippen molar-refractivity contribution in [1.29, 1.82) is 0 Å². The summed E-state index contributed by atoms with van der Waals surface area (Å²) in [6.45, 7) is 2.89. The molecule has 1 fully saturated rings. The molecule has 1 atom stereocenters. The Morgan fingerprint density at radius 1 is 1.39 bits per heavy atom. The number of aliphatic hydroxyl groups is 1. The van der Waals surface area contributed by atoms with Crippen LogP contribution in [0.2, 0.25) is 0 Å². The molecule has 0 aliphatic carbocycles. The Kier molecular flexibility index (Phi) is 4.69. The van der Waals surface area contributed by atoms with Gasteiger partial charge in [-0.25, -0.2) is 4.39 Å². The van der Waals surface area contributed by atoms with Crippen molar-refractivity contribution in [3.8, 4) is 0 Å². The standard InChI is InChI=1S/C14H21FN2O/c15-14-12(7-16)4-1-5-13(14)9-17-6-2-3-11(8-17)10-18/h1,4-5,11,18H,2-3,6-10,16H2. The van der Waals surface area contributed by atoms with E-state index in [9.17, 15) is 9.50 Å². The van der Waals surface area contributed by atoms with Gasteiger partial charge in [0, 0.05) is 37.4 Å². The van der Waals surface area contributed by atoms with E-state index in [1.807, 2.05) is 12.1 Å². The summed E-state index contributed by atoms with van der Waals surface area (Å²) in [5.41, 5.74) is 6.79. The van der Waals surface area contributed by atoms with Crippen molar-refractivity contribution in [2.45, 2.75) is 25.9 Å². The lowest BCUT2D eigenvalue weighted by Crippen LogP contribution is -2.36. The zero-order valence-corrected chi connectivity index (χ0v) is 10.6. The minimum Gasteiger partial charge on any atom is -0.396 e. The fourth-order valence-electron chi connectivity index (χ4n) is 2.60. The maximum Gasteiger partial charge on any atom is 0.132 e. The third-order valence-electron chi connectivity index (χ3n) is 3.63. The lowest BCUT2D eigenvalue weighted by molar-refractivity contribution is 0.115. The van der Waals surface area contributed by atoms with E-state index in [1.54, 1.807) is 6.07 Å². The van der Waals surface area contributed by atoms with Crippen molar-refractivity contribution in [3.63, 3.8) is 0 Å². The van der Waals surface area contributed by atoms with Gasteiger partial charge >= 0.3 is 0 Å². The summed E-state index contributed by atoms with van der Waals surface area (Å²) in [6, 6.07) is 5.40. The monoisotopic (exact) mass is 252 g/mol. The molecule has 3 nitrogen and oxygen atoms in total. The smallest absolute Gasteiger partial charge is 0.132 e. The van der Waals surface area contributed by atoms with E-state index < -0.39 is 0 Å². The van der Waals surface area contributed by atoms with Gasteiger partial charge in [-0.2, -0.15) is 0 Å². The first kappa shape index (κ1) is 13.5. The van der Waals surface area contributed by atoms with E-state index in [4.69, 9.17) is 5.73 Å². The summed E-state index contributed by atoms with van der Waals surface area (Å²) < 4.78 is 14.1. The van der Waals surface area contributed by atoms with Gasteiger partial charge in [-0.1, -0.05) is 18.2 Å². The van der Waals surface area contributed by atoms with Gasteiger partial charge in [-0.05, 0) is 25.3 Å². The SMILES string of the molecule is NCc1cccc(CN2CCCC(CO)C2)c1F. The van der Waals surface area contributed by atoms with Crippen LogP contribution in [0, 0.1) is 11.7 Å². The van der Waals surface area contributed by atoms with E-state index >= 15 is 0 Å². The Balaban J connectivity index is 2.04. The van der Waals surface area contributed by atoms with Crippen LogP contribution < -0.4 is 5.73 Å². The predicted octanol–water partition coefficient (Wildman–Crippen LogP) is 1.49. The van der Waals surface area contributed by atoms with Crippen molar-refractivity contribution in [2.75, 3.05) is 19.7 Å². The highest BCUT2D eigenvalue weighted by atomic mass is 19.1. The molecule has 1 aliphatic heterocycles. The van der Waals surface area contributed by atoms with Crippen LogP contribution >= 0.6 is 0 Å². The Labute approximate surface area is 107 Å². The highest BCUT2D eigenvalue weighted by molar-refractivity contribution is 5.25. The van der Waals surface area contributed by atoms with Crippen LogP contribution in [0.4, 0.5) is 4.39 Å². The van der Waals surface area contributed by atoms with Gasteiger partial charge in [-0.3, -0.25) is 4.90 Å². The summed E-state index contributed by atoms with van der Waals surface area (Å²) in [6.07, 6.45) is 2.14. The molecule has 1 aromatic rings. The van der Waals surface area contributed by atoms with E-state index in [0.29, 0.717) is 23.6 Å². The number of piperidine rings is 1. The molecule has 0 radical (unpaired) electrons. The Morgan fingerprint density at radius 2 is 2.17 bits per heavy atom. The topological polar surface area (TPSA) is 49.5 Å². The molecule has 1 heterocycles. The first-order valence-corrected chi connectivity index (χ1v) is 6.54. The van der Waals surface area contributed by atoms with Gasteiger partial charge in [0.05, 0.1) is 0 Å². The third kappa shape index (κ3) is 3.07. The molecule has 100 valence electrons. The number of benzene rings is 1. The number of nitrogens with two attached hydrogens (primary N) is 1. The largest absolute Gasteiger partial charge is 0.396 e. The normalized spacial score (nSPS) is 21.2. The van der Waals surface area contributed by atoms with Gasteiger partial charge in [0.15, 0.2) is 0 Å². The first-order chi connectivity index (χ1) is 8.74. The van der Waals surface area contributed by atoms with Crippen molar-refractivity contribution in [2.24, 2.45) is 11.7 Å². The Morgan fingerprint density at radius 3 is 2.89 bits per heavy atom. The van der Waals surface area contributed by atoms with Crippen LogP contribution in [0.25, 0.3) is 0 Å². The number of likely N-dealkylation sites (tertiary alicyclic amines) is 1. The van der Waals surface area contributed by atoms with Crippen LogP contribution in [-0.2, 0) is 13.1 Å². The maximum atomic E-state index is 14.1. The zero-order valence-electron chi connectivity index (χ0n) is 10.6. The molecule has 1 unspecified atom stereocenters. The molecular formula is C14H21FN2O. The number of halogens is 1. The van der Waals surface area contributed by atoms with Crippen LogP contribution in [0.1, 0.15) is 24.0 Å². The zero-order chi connectivity index (χ0) is 13.0. The van der Waals surface area contributed by atoms with Crippen molar-refractivity contribution >= 4 is 0 Å². The quantitative estimate of drug-likeness (QED) is 0.853. The molecule has 0 amide bonds. The predicted molar refractivity (Wildman–Crippen MR) is 69.4 cm³/mol. The van der Waals surface area contributed by atoms with Crippen LogP contribution in [-0.4, -0.2) is 29.7 Å². The molecule has 0 saturated carbocycles. The van der Waals surface area contributed by atoms with Crippen LogP contribution in [0.3, 0.4) is 0 Å². The minimum atomic E-state index is -0.175. The second-order valence-corrected chi connectivity index (χ2v) is 5.02. The van der Waals surface area contributed by atoms with Crippen molar-refractivity contribution in [1.82, 2.24) is 4.90 Å². The molecule has 1 saturated heterocycles. The number of hydrogen-bond acceptors (Lipinski definition) is 3. The van der Waals surface area contributed by atoms with Gasteiger partial charge in [-0.15, -0.1) is 0 Å². The molecule has 18 heavy (non-hydrogen) atoms. The number of hydrogen-bond donors (Lipinski definition) is 2. The lowest BCUT2D eigenvalue weighted by atomic mass is 9.98. The average Bonchev–Trinajstić information content (AvgIpc) is 2.41. The fraction of sp³-hybridized carbons (Fsp3) is 0.571. The molecule has 3 N–H and O–H groups in total. The molecular weight excluding hydrogens is 231 g/mol. The summed E-state index contributed by atoms with van der Waals surface area (Å²) in [5, 5.41) is 9.19. The van der Waals surface area contributed by atoms with Crippen molar-refractivity contribution < 1.29 is 9.50 Å². The average molecular weight is 252 g/mol. The van der Waals surface area contributed by atoms with E-state index in [0.717, 1.165) is 25.9 Å². The molecule has 1 aliphatic rings. The first-order valence-electron chi connectivity index (χ1n) is 6.54. The Hall–Kier alpha value is -0.970. The van der Waals surface area contributed by atoms with E-state index in [1.165, 1.54) is 0 Å². The molecule has 0 bridgehead atoms. The Bertz CT molecular complexity index is 397. The number of rotatable bonds is 4. The van der Waals surface area contributed by atoms with E-state index in [-0.39, 0.29) is 19.0 Å². The second-order valence-electron chi connectivity index (χ2n) is 5.02. The summed E-state index contributed by atoms with van der Waals surface area (Å²) >= 11 is 0. The van der Waals surface area contributed by atoms with Gasteiger partial charge < -0.3 is 10.8 Å². The highest BCUT2D eigenvalue weighted by Crippen LogP contribution is 2.20. The van der Waals surface area contributed by atoms with Gasteiger partial charge in [0.25, 0.3) is 0 Å².